The molecule has 6 heteroatoms. The molecule has 2 aromatic heterocycles. The van der Waals surface area contributed by atoms with E-state index in [2.05, 4.69) is 92.9 Å². The Bertz CT molecular complexity index is 1030. The molecule has 1 aliphatic heterocycles. The fourth-order valence-electron chi connectivity index (χ4n) is 4.39. The molecular weight excluding hydrogens is 456 g/mol. The average molecular weight is 483 g/mol. The lowest BCUT2D eigenvalue weighted by Crippen LogP contribution is -2.30. The predicted molar refractivity (Wildman–Crippen MR) is 130 cm³/mol. The van der Waals surface area contributed by atoms with E-state index in [1.807, 2.05) is 18.3 Å². The Morgan fingerprint density at radius 2 is 1.90 bits per heavy atom. The molecule has 1 aliphatic rings. The van der Waals surface area contributed by atoms with E-state index in [1.54, 1.807) is 0 Å². The summed E-state index contributed by atoms with van der Waals surface area (Å²) >= 11 is 9.31. The van der Waals surface area contributed by atoms with Crippen molar-refractivity contribution >= 4 is 33.3 Å². The van der Waals surface area contributed by atoms with Gasteiger partial charge in [-0.3, -0.25) is 4.98 Å². The van der Waals surface area contributed by atoms with Crippen LogP contribution in [0.2, 0.25) is 0 Å². The lowest BCUT2D eigenvalue weighted by molar-refractivity contribution is 0.312. The van der Waals surface area contributed by atoms with Crippen molar-refractivity contribution in [3.05, 3.63) is 81.8 Å². The van der Waals surface area contributed by atoms with Gasteiger partial charge in [0, 0.05) is 34.3 Å². The predicted octanol–water partition coefficient (Wildman–Crippen LogP) is 6.02. The fourth-order valence-corrected chi connectivity index (χ4v) is 4.98. The molecule has 4 nitrogen and oxygen atoms in total. The molecule has 1 saturated heterocycles. The number of benzene rings is 1. The number of pyridine rings is 1. The van der Waals surface area contributed by atoms with Crippen LogP contribution in [0, 0.1) is 13.8 Å². The van der Waals surface area contributed by atoms with E-state index in [4.69, 9.17) is 12.2 Å². The number of aromatic nitrogens is 2. The van der Waals surface area contributed by atoms with Crippen molar-refractivity contribution in [3.63, 3.8) is 0 Å². The first-order valence-electron chi connectivity index (χ1n) is 10.4. The maximum absolute atomic E-state index is 5.77. The summed E-state index contributed by atoms with van der Waals surface area (Å²) in [6.45, 7) is 7.54. The molecule has 1 fully saturated rings. The molecule has 3 aromatic rings. The second-order valence-electron chi connectivity index (χ2n) is 7.81. The van der Waals surface area contributed by atoms with Crippen LogP contribution in [-0.4, -0.2) is 26.1 Å². The van der Waals surface area contributed by atoms with Crippen molar-refractivity contribution in [3.8, 4) is 5.69 Å². The summed E-state index contributed by atoms with van der Waals surface area (Å²) in [5.41, 5.74) is 5.96. The highest BCUT2D eigenvalue weighted by Crippen LogP contribution is 2.41. The third-order valence-corrected chi connectivity index (χ3v) is 6.71. The maximum Gasteiger partial charge on any atom is 0.170 e. The molecule has 0 aliphatic carbocycles. The summed E-state index contributed by atoms with van der Waals surface area (Å²) in [6, 6.07) is 17.0. The lowest BCUT2D eigenvalue weighted by atomic mass is 9.96. The van der Waals surface area contributed by atoms with E-state index in [0.717, 1.165) is 34.7 Å². The number of thiocarbonyl (C=S) groups is 1. The lowest BCUT2D eigenvalue weighted by Gasteiger charge is -2.28. The zero-order valence-corrected chi connectivity index (χ0v) is 20.0. The second kappa shape index (κ2) is 8.90. The highest BCUT2D eigenvalue weighted by atomic mass is 79.9. The van der Waals surface area contributed by atoms with Crippen molar-refractivity contribution in [2.24, 2.45) is 0 Å². The molecule has 4 rings (SSSR count). The van der Waals surface area contributed by atoms with Gasteiger partial charge in [-0.2, -0.15) is 0 Å². The quantitative estimate of drug-likeness (QED) is 0.435. The molecule has 3 heterocycles. The van der Waals surface area contributed by atoms with Gasteiger partial charge in [-0.25, -0.2) is 0 Å². The topological polar surface area (TPSA) is 33.1 Å². The SMILES string of the molecule is CCCCN1C(=S)NC(c2ccccn2)C1c1cc(C)n(-c2ccc(Br)cc2)c1C. The van der Waals surface area contributed by atoms with Crippen LogP contribution in [0.25, 0.3) is 5.69 Å². The summed E-state index contributed by atoms with van der Waals surface area (Å²) in [6.07, 6.45) is 4.10. The molecule has 0 radical (unpaired) electrons. The van der Waals surface area contributed by atoms with Crippen molar-refractivity contribution in [2.75, 3.05) is 6.54 Å². The molecule has 1 N–H and O–H groups in total. The molecule has 2 unspecified atom stereocenters. The Hall–Kier alpha value is -2.18. The Labute approximate surface area is 192 Å². The molecule has 2 atom stereocenters. The molecule has 1 aromatic carbocycles. The first-order chi connectivity index (χ1) is 14.5. The number of hydrogen-bond donors (Lipinski definition) is 1. The number of aryl methyl sites for hydroxylation is 1. The zero-order chi connectivity index (χ0) is 21.3. The summed E-state index contributed by atoms with van der Waals surface area (Å²) < 4.78 is 3.41. The number of unbranched alkanes of at least 4 members (excludes halogenated alkanes) is 1. The van der Waals surface area contributed by atoms with Crippen LogP contribution in [-0.2, 0) is 0 Å². The molecule has 30 heavy (non-hydrogen) atoms. The van der Waals surface area contributed by atoms with Gasteiger partial charge in [0.15, 0.2) is 5.11 Å². The van der Waals surface area contributed by atoms with Crippen molar-refractivity contribution in [2.45, 2.75) is 45.7 Å². The monoisotopic (exact) mass is 482 g/mol. The van der Waals surface area contributed by atoms with Gasteiger partial charge in [-0.05, 0) is 80.5 Å². The van der Waals surface area contributed by atoms with Crippen molar-refractivity contribution in [1.82, 2.24) is 19.8 Å². The Kier molecular flexibility index (Phi) is 6.25. The van der Waals surface area contributed by atoms with Gasteiger partial charge >= 0.3 is 0 Å². The van der Waals surface area contributed by atoms with Gasteiger partial charge in [-0.1, -0.05) is 35.3 Å². The van der Waals surface area contributed by atoms with Crippen LogP contribution in [0.4, 0.5) is 0 Å². The number of halogens is 1. The van der Waals surface area contributed by atoms with Gasteiger partial charge in [0.1, 0.15) is 0 Å². The second-order valence-corrected chi connectivity index (χ2v) is 9.11. The minimum atomic E-state index is 0.0365. The van der Waals surface area contributed by atoms with E-state index in [-0.39, 0.29) is 12.1 Å². The molecular formula is C24H27BrN4S. The molecule has 156 valence electrons. The first-order valence-corrected chi connectivity index (χ1v) is 11.6. The van der Waals surface area contributed by atoms with E-state index >= 15 is 0 Å². The van der Waals surface area contributed by atoms with Gasteiger partial charge in [0.2, 0.25) is 0 Å². The number of nitrogens with zero attached hydrogens (tertiary/aromatic N) is 3. The van der Waals surface area contributed by atoms with Crippen molar-refractivity contribution < 1.29 is 0 Å². The maximum atomic E-state index is 5.77. The van der Waals surface area contributed by atoms with Crippen LogP contribution in [0.15, 0.2) is 59.2 Å². The van der Waals surface area contributed by atoms with E-state index in [0.29, 0.717) is 0 Å². The van der Waals surface area contributed by atoms with Gasteiger partial charge in [-0.15, -0.1) is 0 Å². The molecule has 0 saturated carbocycles. The Morgan fingerprint density at radius 3 is 2.57 bits per heavy atom. The van der Waals surface area contributed by atoms with Gasteiger partial charge in [0.25, 0.3) is 0 Å². The summed E-state index contributed by atoms with van der Waals surface area (Å²) in [5.74, 6) is 0. The van der Waals surface area contributed by atoms with Gasteiger partial charge < -0.3 is 14.8 Å². The highest BCUT2D eigenvalue weighted by Gasteiger charge is 2.41. The minimum absolute atomic E-state index is 0.0365. The van der Waals surface area contributed by atoms with Crippen LogP contribution in [0.5, 0.6) is 0 Å². The van der Waals surface area contributed by atoms with Crippen LogP contribution in [0.1, 0.15) is 54.5 Å². The fraction of sp³-hybridized carbons (Fsp3) is 0.333. The summed E-state index contributed by atoms with van der Waals surface area (Å²) in [7, 11) is 0. The van der Waals surface area contributed by atoms with E-state index < -0.39 is 0 Å². The molecule has 0 amide bonds. The third-order valence-electron chi connectivity index (χ3n) is 5.82. The smallest absolute Gasteiger partial charge is 0.170 e. The molecule has 0 bridgehead atoms. The van der Waals surface area contributed by atoms with Crippen LogP contribution in [0.3, 0.4) is 0 Å². The van der Waals surface area contributed by atoms with E-state index in [1.165, 1.54) is 22.6 Å². The Morgan fingerprint density at radius 1 is 1.13 bits per heavy atom. The summed E-state index contributed by atoms with van der Waals surface area (Å²) in [4.78, 5) is 7.00. The number of rotatable bonds is 6. The summed E-state index contributed by atoms with van der Waals surface area (Å²) in [5, 5.41) is 4.38. The normalized spacial score (nSPS) is 18.7. The average Bonchev–Trinajstić information content (AvgIpc) is 3.23. The Balaban J connectivity index is 1.81. The van der Waals surface area contributed by atoms with Crippen LogP contribution < -0.4 is 5.32 Å². The first kappa shape index (κ1) is 21.1. The van der Waals surface area contributed by atoms with Crippen LogP contribution >= 0.6 is 28.1 Å². The standard InChI is InChI=1S/C24H27BrN4S/c1-4-5-14-28-23(22(27-24(28)30)21-8-6-7-13-26-21)20-15-16(2)29(17(20)3)19-11-9-18(25)10-12-19/h6-13,15,22-23H,4-5,14H2,1-3H3,(H,27,30). The molecule has 0 spiro atoms. The number of hydrogen-bond acceptors (Lipinski definition) is 2. The third kappa shape index (κ3) is 3.91. The largest absolute Gasteiger partial charge is 0.352 e. The van der Waals surface area contributed by atoms with Crippen molar-refractivity contribution in [1.29, 1.82) is 0 Å². The number of nitrogens with one attached hydrogen (secondary N) is 1. The minimum Gasteiger partial charge on any atom is -0.352 e. The van der Waals surface area contributed by atoms with E-state index in [9.17, 15) is 0 Å². The highest BCUT2D eigenvalue weighted by molar-refractivity contribution is 9.10. The van der Waals surface area contributed by atoms with Gasteiger partial charge in [0.05, 0.1) is 17.8 Å². The zero-order valence-electron chi connectivity index (χ0n) is 17.6.